The summed E-state index contributed by atoms with van der Waals surface area (Å²) in [6.07, 6.45) is 4.13. The molecule has 0 aromatic rings. The van der Waals surface area contributed by atoms with Gasteiger partial charge in [-0.05, 0) is 25.2 Å². The highest BCUT2D eigenvalue weighted by Crippen LogP contribution is 2.35. The monoisotopic (exact) mass is 224 g/mol. The van der Waals surface area contributed by atoms with Crippen LogP contribution in [0.5, 0.6) is 0 Å². The first-order valence-corrected chi connectivity index (χ1v) is 6.35. The highest BCUT2D eigenvalue weighted by atomic mass is 16.5. The minimum atomic E-state index is 0.0826. The molecule has 0 aromatic carbocycles. The van der Waals surface area contributed by atoms with Gasteiger partial charge in [0.25, 0.3) is 0 Å². The second kappa shape index (κ2) is 4.00. The van der Waals surface area contributed by atoms with Crippen LogP contribution in [0.1, 0.15) is 19.3 Å². The fraction of sp³-hybridized carbons (Fsp3) is 0.917. The van der Waals surface area contributed by atoms with Crippen LogP contribution >= 0.6 is 0 Å². The molecule has 16 heavy (non-hydrogen) atoms. The summed E-state index contributed by atoms with van der Waals surface area (Å²) in [5.74, 6) is 1.16. The zero-order valence-electron chi connectivity index (χ0n) is 9.82. The fourth-order valence-corrected chi connectivity index (χ4v) is 3.01. The van der Waals surface area contributed by atoms with E-state index < -0.39 is 0 Å². The van der Waals surface area contributed by atoms with E-state index in [0.717, 1.165) is 25.4 Å². The first-order chi connectivity index (χ1) is 7.76. The van der Waals surface area contributed by atoms with Gasteiger partial charge in [-0.3, -0.25) is 9.69 Å². The molecule has 0 unspecified atom stereocenters. The molecule has 2 aliphatic heterocycles. The van der Waals surface area contributed by atoms with Gasteiger partial charge in [0, 0.05) is 26.7 Å². The molecular weight excluding hydrogens is 204 g/mol. The second-order valence-electron chi connectivity index (χ2n) is 5.41. The predicted molar refractivity (Wildman–Crippen MR) is 60.0 cm³/mol. The summed E-state index contributed by atoms with van der Waals surface area (Å²) in [6.45, 7) is 3.20. The van der Waals surface area contributed by atoms with E-state index >= 15 is 0 Å². The lowest BCUT2D eigenvalue weighted by Gasteiger charge is -2.32. The Labute approximate surface area is 96.3 Å². The molecule has 1 saturated carbocycles. The summed E-state index contributed by atoms with van der Waals surface area (Å²) < 4.78 is 5.86. The zero-order valence-corrected chi connectivity index (χ0v) is 9.82. The maximum absolute atomic E-state index is 11.7. The molecule has 3 atom stereocenters. The highest BCUT2D eigenvalue weighted by Gasteiger charge is 2.44. The molecule has 3 rings (SSSR count). The largest absolute Gasteiger partial charge is 0.371 e. The number of morpholine rings is 1. The third kappa shape index (κ3) is 1.96. The van der Waals surface area contributed by atoms with E-state index in [1.807, 2.05) is 0 Å². The van der Waals surface area contributed by atoms with Crippen LogP contribution in [0.2, 0.25) is 0 Å². The van der Waals surface area contributed by atoms with Crippen LogP contribution in [-0.4, -0.2) is 49.7 Å². The predicted octanol–water partition coefficient (Wildman–Crippen LogP) is 0.232. The quantitative estimate of drug-likeness (QED) is 0.746. The lowest BCUT2D eigenvalue weighted by atomic mass is 10.00. The van der Waals surface area contributed by atoms with Gasteiger partial charge in [0.05, 0.1) is 18.1 Å². The Kier molecular flexibility index (Phi) is 2.64. The normalized spacial score (nSPS) is 38.7. The first-order valence-electron chi connectivity index (χ1n) is 6.35. The Morgan fingerprint density at radius 1 is 1.44 bits per heavy atom. The molecule has 1 N–H and O–H groups in total. The lowest BCUT2D eigenvalue weighted by molar-refractivity contribution is -0.127. The molecule has 0 aromatic heterocycles. The zero-order chi connectivity index (χ0) is 11.1. The molecule has 4 heteroatoms. The molecule has 0 radical (unpaired) electrons. The SMILES string of the molecule is CNC(=O)[C@@H]1C[C@H]2CN(CC3CC3)C[C@@H]1O2. The van der Waals surface area contributed by atoms with Gasteiger partial charge in [-0.1, -0.05) is 0 Å². The molecule has 1 aliphatic carbocycles. The molecule has 2 saturated heterocycles. The number of amides is 1. The molecule has 1 amide bonds. The molecule has 0 spiro atoms. The topological polar surface area (TPSA) is 41.6 Å². The van der Waals surface area contributed by atoms with Crippen molar-refractivity contribution in [3.63, 3.8) is 0 Å². The number of carbonyl (C=O) groups excluding carboxylic acids is 1. The van der Waals surface area contributed by atoms with Crippen LogP contribution in [0, 0.1) is 11.8 Å². The average molecular weight is 224 g/mol. The van der Waals surface area contributed by atoms with Gasteiger partial charge in [-0.25, -0.2) is 0 Å². The van der Waals surface area contributed by atoms with Gasteiger partial charge in [0.1, 0.15) is 0 Å². The van der Waals surface area contributed by atoms with Crippen LogP contribution in [-0.2, 0) is 9.53 Å². The molecule has 90 valence electrons. The fourth-order valence-electron chi connectivity index (χ4n) is 3.01. The Morgan fingerprint density at radius 2 is 2.25 bits per heavy atom. The van der Waals surface area contributed by atoms with E-state index in [4.69, 9.17) is 4.74 Å². The smallest absolute Gasteiger partial charge is 0.225 e. The van der Waals surface area contributed by atoms with Gasteiger partial charge in [0.2, 0.25) is 5.91 Å². The molecule has 3 aliphatic rings. The van der Waals surface area contributed by atoms with Crippen molar-refractivity contribution in [1.82, 2.24) is 10.2 Å². The first kappa shape index (κ1) is 10.5. The van der Waals surface area contributed by atoms with Gasteiger partial charge in [-0.15, -0.1) is 0 Å². The number of likely N-dealkylation sites (tertiary alicyclic amines) is 1. The van der Waals surface area contributed by atoms with E-state index in [1.54, 1.807) is 7.05 Å². The Morgan fingerprint density at radius 3 is 2.94 bits per heavy atom. The molecular formula is C12H20N2O2. The van der Waals surface area contributed by atoms with E-state index in [9.17, 15) is 4.79 Å². The van der Waals surface area contributed by atoms with Gasteiger partial charge in [-0.2, -0.15) is 0 Å². The Balaban J connectivity index is 1.61. The number of fused-ring (bicyclic) bond motifs is 2. The average Bonchev–Trinajstić information content (AvgIpc) is 3.03. The number of hydrogen-bond donors (Lipinski definition) is 1. The van der Waals surface area contributed by atoms with Crippen molar-refractivity contribution in [3.05, 3.63) is 0 Å². The maximum atomic E-state index is 11.7. The minimum Gasteiger partial charge on any atom is -0.371 e. The minimum absolute atomic E-state index is 0.0826. The van der Waals surface area contributed by atoms with Crippen LogP contribution in [0.25, 0.3) is 0 Å². The molecule has 3 fully saturated rings. The number of ether oxygens (including phenoxy) is 1. The van der Waals surface area contributed by atoms with E-state index in [1.165, 1.54) is 19.4 Å². The van der Waals surface area contributed by atoms with Crippen molar-refractivity contribution >= 4 is 5.91 Å². The van der Waals surface area contributed by atoms with Gasteiger partial charge < -0.3 is 10.1 Å². The summed E-state index contributed by atoms with van der Waals surface area (Å²) in [6, 6.07) is 0. The summed E-state index contributed by atoms with van der Waals surface area (Å²) in [4.78, 5) is 14.2. The molecule has 2 heterocycles. The van der Waals surface area contributed by atoms with Crippen LogP contribution in [0.3, 0.4) is 0 Å². The summed E-state index contributed by atoms with van der Waals surface area (Å²) in [5.41, 5.74) is 0. The summed E-state index contributed by atoms with van der Waals surface area (Å²) >= 11 is 0. The van der Waals surface area contributed by atoms with Crippen LogP contribution in [0.15, 0.2) is 0 Å². The van der Waals surface area contributed by atoms with Crippen molar-refractivity contribution < 1.29 is 9.53 Å². The third-order valence-corrected chi connectivity index (χ3v) is 4.03. The number of carbonyl (C=O) groups is 1. The highest BCUT2D eigenvalue weighted by molar-refractivity contribution is 5.79. The van der Waals surface area contributed by atoms with E-state index in [0.29, 0.717) is 6.10 Å². The third-order valence-electron chi connectivity index (χ3n) is 4.03. The number of nitrogens with zero attached hydrogens (tertiary/aromatic N) is 1. The van der Waals surface area contributed by atoms with Crippen molar-refractivity contribution in [1.29, 1.82) is 0 Å². The van der Waals surface area contributed by atoms with Gasteiger partial charge >= 0.3 is 0 Å². The standard InChI is InChI=1S/C12H20N2O2/c1-13-12(15)10-4-9-6-14(5-8-2-3-8)7-11(10)16-9/h8-11H,2-7H2,1H3,(H,13,15)/t9-,10+,11-/m0/s1. The van der Waals surface area contributed by atoms with Gasteiger partial charge in [0.15, 0.2) is 0 Å². The van der Waals surface area contributed by atoms with Crippen molar-refractivity contribution in [2.75, 3.05) is 26.7 Å². The summed E-state index contributed by atoms with van der Waals surface area (Å²) in [5, 5.41) is 2.75. The van der Waals surface area contributed by atoms with E-state index in [2.05, 4.69) is 10.2 Å². The Hall–Kier alpha value is -0.610. The van der Waals surface area contributed by atoms with Crippen molar-refractivity contribution in [2.45, 2.75) is 31.5 Å². The van der Waals surface area contributed by atoms with E-state index in [-0.39, 0.29) is 17.9 Å². The second-order valence-corrected chi connectivity index (χ2v) is 5.41. The van der Waals surface area contributed by atoms with Crippen LogP contribution in [0.4, 0.5) is 0 Å². The lowest BCUT2D eigenvalue weighted by Crippen LogP contribution is -2.45. The summed E-state index contributed by atoms with van der Waals surface area (Å²) in [7, 11) is 1.71. The molecule has 2 bridgehead atoms. The maximum Gasteiger partial charge on any atom is 0.225 e. The Bertz CT molecular complexity index is 291. The molecule has 4 nitrogen and oxygen atoms in total. The number of hydrogen-bond acceptors (Lipinski definition) is 3. The van der Waals surface area contributed by atoms with Crippen molar-refractivity contribution in [3.8, 4) is 0 Å². The number of rotatable bonds is 3. The number of nitrogens with one attached hydrogen (secondary N) is 1. The van der Waals surface area contributed by atoms with Crippen LogP contribution < -0.4 is 5.32 Å². The van der Waals surface area contributed by atoms with Crippen molar-refractivity contribution in [2.24, 2.45) is 11.8 Å².